The number of hydrogen-bond acceptors (Lipinski definition) is 4. The van der Waals surface area contributed by atoms with Crippen molar-refractivity contribution in [3.63, 3.8) is 0 Å². The average Bonchev–Trinajstić information content (AvgIpc) is 2.38. The molecule has 0 aliphatic rings. The molecule has 0 bridgehead atoms. The van der Waals surface area contributed by atoms with E-state index in [1.807, 2.05) is 6.07 Å². The Balaban J connectivity index is 2.35. The molecule has 0 fully saturated rings. The molecule has 0 aliphatic carbocycles. The van der Waals surface area contributed by atoms with Gasteiger partial charge in [-0.25, -0.2) is 9.59 Å². The number of amides is 3. The standard InChI is InChI=1S/C12H16N4O4/c13-10(17)6-9(11(18)19)16-12(20)15-5-3-8-2-1-4-14-7-8/h1-2,4,7,9H,3,5-6H2,(H2,13,17)(H,18,19)(H2,15,16,20)/t9-/m1/s1. The van der Waals surface area contributed by atoms with Gasteiger partial charge in [-0.05, 0) is 18.1 Å². The molecule has 0 aliphatic heterocycles. The minimum absolute atomic E-state index is 0.320. The topological polar surface area (TPSA) is 134 Å². The highest BCUT2D eigenvalue weighted by Crippen LogP contribution is 1.96. The number of carbonyl (C=O) groups excluding carboxylic acids is 2. The summed E-state index contributed by atoms with van der Waals surface area (Å²) in [6.45, 7) is 0.320. The first-order chi connectivity index (χ1) is 9.49. The van der Waals surface area contributed by atoms with Crippen LogP contribution in [-0.2, 0) is 16.0 Å². The van der Waals surface area contributed by atoms with Crippen molar-refractivity contribution in [1.82, 2.24) is 15.6 Å². The SMILES string of the molecule is NC(=O)C[C@@H](NC(=O)NCCc1cccnc1)C(=O)O. The second-order valence-electron chi connectivity index (χ2n) is 4.07. The van der Waals surface area contributed by atoms with Crippen LogP contribution in [0.25, 0.3) is 0 Å². The van der Waals surface area contributed by atoms with Gasteiger partial charge >= 0.3 is 12.0 Å². The van der Waals surface area contributed by atoms with Crippen molar-refractivity contribution in [1.29, 1.82) is 0 Å². The van der Waals surface area contributed by atoms with Gasteiger partial charge in [-0.2, -0.15) is 0 Å². The van der Waals surface area contributed by atoms with Gasteiger partial charge in [-0.15, -0.1) is 0 Å². The van der Waals surface area contributed by atoms with Gasteiger partial charge in [0, 0.05) is 18.9 Å². The number of aliphatic carboxylic acids is 1. The van der Waals surface area contributed by atoms with E-state index in [9.17, 15) is 14.4 Å². The summed E-state index contributed by atoms with van der Waals surface area (Å²) in [6, 6.07) is 1.65. The molecule has 1 rings (SSSR count). The number of hydrogen-bond donors (Lipinski definition) is 4. The number of nitrogens with one attached hydrogen (secondary N) is 2. The molecular weight excluding hydrogens is 264 g/mol. The van der Waals surface area contributed by atoms with Crippen LogP contribution in [0, 0.1) is 0 Å². The first-order valence-electron chi connectivity index (χ1n) is 5.93. The number of rotatable bonds is 7. The van der Waals surface area contributed by atoms with Crippen molar-refractivity contribution >= 4 is 17.9 Å². The Labute approximate surface area is 115 Å². The highest BCUT2D eigenvalue weighted by atomic mass is 16.4. The predicted molar refractivity (Wildman–Crippen MR) is 69.7 cm³/mol. The number of carbonyl (C=O) groups is 3. The number of pyridine rings is 1. The second-order valence-corrected chi connectivity index (χ2v) is 4.07. The van der Waals surface area contributed by atoms with E-state index in [0.29, 0.717) is 13.0 Å². The minimum atomic E-state index is -1.33. The number of carboxylic acids is 1. The molecule has 3 amide bonds. The van der Waals surface area contributed by atoms with Crippen molar-refractivity contribution in [3.8, 4) is 0 Å². The molecule has 5 N–H and O–H groups in total. The average molecular weight is 280 g/mol. The predicted octanol–water partition coefficient (Wildman–Crippen LogP) is -0.748. The Kier molecular flexibility index (Phi) is 5.95. The smallest absolute Gasteiger partial charge is 0.326 e. The molecule has 0 spiro atoms. The maximum atomic E-state index is 11.5. The van der Waals surface area contributed by atoms with Crippen molar-refractivity contribution in [3.05, 3.63) is 30.1 Å². The summed E-state index contributed by atoms with van der Waals surface area (Å²) in [6.07, 6.45) is 3.43. The fourth-order valence-electron chi connectivity index (χ4n) is 1.48. The van der Waals surface area contributed by atoms with Gasteiger partial charge < -0.3 is 21.5 Å². The number of urea groups is 1. The lowest BCUT2D eigenvalue weighted by Gasteiger charge is -2.13. The van der Waals surface area contributed by atoms with Crippen molar-refractivity contribution in [2.75, 3.05) is 6.54 Å². The number of carboxylic acid groups (broad SMARTS) is 1. The van der Waals surface area contributed by atoms with Crippen molar-refractivity contribution in [2.45, 2.75) is 18.9 Å². The molecule has 8 heteroatoms. The lowest BCUT2D eigenvalue weighted by atomic mass is 10.2. The lowest BCUT2D eigenvalue weighted by Crippen LogP contribution is -2.48. The third kappa shape index (κ3) is 5.80. The molecule has 0 saturated heterocycles. The van der Waals surface area contributed by atoms with Gasteiger partial charge in [-0.1, -0.05) is 6.07 Å². The molecular formula is C12H16N4O4. The summed E-state index contributed by atoms with van der Waals surface area (Å²) < 4.78 is 0. The molecule has 0 saturated carbocycles. The van der Waals surface area contributed by atoms with Crippen LogP contribution in [0.1, 0.15) is 12.0 Å². The highest BCUT2D eigenvalue weighted by molar-refractivity contribution is 5.87. The van der Waals surface area contributed by atoms with Crippen molar-refractivity contribution < 1.29 is 19.5 Å². The summed E-state index contributed by atoms with van der Waals surface area (Å²) >= 11 is 0. The Hall–Kier alpha value is -2.64. The molecule has 20 heavy (non-hydrogen) atoms. The molecule has 1 aromatic rings. The minimum Gasteiger partial charge on any atom is -0.480 e. The van der Waals surface area contributed by atoms with Crippen LogP contribution < -0.4 is 16.4 Å². The van der Waals surface area contributed by atoms with Crippen LogP contribution in [0.2, 0.25) is 0 Å². The number of aromatic nitrogens is 1. The maximum absolute atomic E-state index is 11.5. The summed E-state index contributed by atoms with van der Waals surface area (Å²) in [5.41, 5.74) is 5.85. The summed E-state index contributed by atoms with van der Waals surface area (Å²) in [5.74, 6) is -2.11. The number of nitrogens with zero attached hydrogens (tertiary/aromatic N) is 1. The van der Waals surface area contributed by atoms with Gasteiger partial charge in [0.1, 0.15) is 6.04 Å². The summed E-state index contributed by atoms with van der Waals surface area (Å²) in [4.78, 5) is 36.9. The Morgan fingerprint density at radius 3 is 2.70 bits per heavy atom. The van der Waals surface area contributed by atoms with Crippen LogP contribution in [0.15, 0.2) is 24.5 Å². The Morgan fingerprint density at radius 1 is 1.40 bits per heavy atom. The van der Waals surface area contributed by atoms with Gasteiger partial charge in [0.2, 0.25) is 5.91 Å². The van der Waals surface area contributed by atoms with Gasteiger partial charge in [-0.3, -0.25) is 9.78 Å². The molecule has 108 valence electrons. The third-order valence-corrected chi connectivity index (χ3v) is 2.43. The van der Waals surface area contributed by atoms with E-state index in [1.54, 1.807) is 18.5 Å². The van der Waals surface area contributed by atoms with E-state index in [1.165, 1.54) is 0 Å². The molecule has 0 unspecified atom stereocenters. The lowest BCUT2D eigenvalue weighted by molar-refractivity contribution is -0.140. The zero-order valence-electron chi connectivity index (χ0n) is 10.7. The van der Waals surface area contributed by atoms with Crippen LogP contribution in [0.3, 0.4) is 0 Å². The van der Waals surface area contributed by atoms with E-state index >= 15 is 0 Å². The normalized spacial score (nSPS) is 11.4. The fraction of sp³-hybridized carbons (Fsp3) is 0.333. The monoisotopic (exact) mass is 280 g/mol. The maximum Gasteiger partial charge on any atom is 0.326 e. The Bertz CT molecular complexity index is 478. The number of nitrogens with two attached hydrogens (primary N) is 1. The zero-order valence-corrected chi connectivity index (χ0v) is 10.7. The number of primary amides is 1. The van der Waals surface area contributed by atoms with Crippen LogP contribution in [-0.4, -0.2) is 40.6 Å². The van der Waals surface area contributed by atoms with Crippen LogP contribution in [0.5, 0.6) is 0 Å². The quantitative estimate of drug-likeness (QED) is 0.521. The van der Waals surface area contributed by atoms with E-state index in [0.717, 1.165) is 5.56 Å². The van der Waals surface area contributed by atoms with Gasteiger partial charge in [0.25, 0.3) is 0 Å². The molecule has 0 radical (unpaired) electrons. The fourth-order valence-corrected chi connectivity index (χ4v) is 1.48. The van der Waals surface area contributed by atoms with Crippen molar-refractivity contribution in [2.24, 2.45) is 5.73 Å². The van der Waals surface area contributed by atoms with Crippen LogP contribution >= 0.6 is 0 Å². The van der Waals surface area contributed by atoms with Gasteiger partial charge in [0.05, 0.1) is 6.42 Å². The van der Waals surface area contributed by atoms with Gasteiger partial charge in [0.15, 0.2) is 0 Å². The summed E-state index contributed by atoms with van der Waals surface area (Å²) in [5, 5.41) is 13.5. The van der Waals surface area contributed by atoms with E-state index in [2.05, 4.69) is 15.6 Å². The molecule has 1 atom stereocenters. The molecule has 1 heterocycles. The highest BCUT2D eigenvalue weighted by Gasteiger charge is 2.21. The molecule has 8 nitrogen and oxygen atoms in total. The molecule has 0 aromatic carbocycles. The summed E-state index contributed by atoms with van der Waals surface area (Å²) in [7, 11) is 0. The largest absolute Gasteiger partial charge is 0.480 e. The van der Waals surface area contributed by atoms with Crippen LogP contribution in [0.4, 0.5) is 4.79 Å². The Morgan fingerprint density at radius 2 is 2.15 bits per heavy atom. The first kappa shape index (κ1) is 15.4. The van der Waals surface area contributed by atoms with E-state index in [4.69, 9.17) is 10.8 Å². The van der Waals surface area contributed by atoms with E-state index < -0.39 is 30.4 Å². The second kappa shape index (κ2) is 7.72. The molecule has 1 aromatic heterocycles. The first-order valence-corrected chi connectivity index (χ1v) is 5.93. The zero-order chi connectivity index (χ0) is 15.0. The third-order valence-electron chi connectivity index (χ3n) is 2.43. The van der Waals surface area contributed by atoms with E-state index in [-0.39, 0.29) is 0 Å².